The molecular formula is C16H23NO2. The topological polar surface area (TPSA) is 32.7 Å². The van der Waals surface area contributed by atoms with Crippen LogP contribution in [0.5, 0.6) is 5.75 Å². The van der Waals surface area contributed by atoms with E-state index < -0.39 is 6.10 Å². The second-order valence-electron chi connectivity index (χ2n) is 5.92. The summed E-state index contributed by atoms with van der Waals surface area (Å²) < 4.78 is 5.77. The maximum absolute atomic E-state index is 10.4. The molecule has 0 amide bonds. The number of hydrogen-bond acceptors (Lipinski definition) is 3. The zero-order chi connectivity index (χ0) is 13.4. The van der Waals surface area contributed by atoms with E-state index in [2.05, 4.69) is 30.9 Å². The number of likely N-dealkylation sites (tertiary alicyclic amines) is 1. The van der Waals surface area contributed by atoms with Crippen molar-refractivity contribution in [2.75, 3.05) is 19.7 Å². The second kappa shape index (κ2) is 5.14. The molecule has 0 bridgehead atoms. The minimum Gasteiger partial charge on any atom is -0.490 e. The first-order chi connectivity index (χ1) is 9.16. The van der Waals surface area contributed by atoms with Crippen LogP contribution >= 0.6 is 0 Å². The van der Waals surface area contributed by atoms with Crippen molar-refractivity contribution in [3.05, 3.63) is 28.8 Å². The Morgan fingerprint density at radius 1 is 1.16 bits per heavy atom. The number of piperidine rings is 1. The molecule has 2 aliphatic rings. The van der Waals surface area contributed by atoms with E-state index in [0.29, 0.717) is 6.61 Å². The van der Waals surface area contributed by atoms with Crippen molar-refractivity contribution in [3.63, 3.8) is 0 Å². The van der Waals surface area contributed by atoms with Gasteiger partial charge in [-0.3, -0.25) is 4.90 Å². The Kier molecular flexibility index (Phi) is 3.50. The summed E-state index contributed by atoms with van der Waals surface area (Å²) in [6.45, 7) is 6.80. The molecule has 1 fully saturated rings. The zero-order valence-electron chi connectivity index (χ0n) is 11.9. The number of aliphatic hydroxyl groups excluding tert-OH is 1. The number of fused-ring (bicyclic) bond motifs is 1. The summed E-state index contributed by atoms with van der Waals surface area (Å²) >= 11 is 0. The molecule has 3 nitrogen and oxygen atoms in total. The van der Waals surface area contributed by atoms with Crippen LogP contribution in [0.25, 0.3) is 0 Å². The van der Waals surface area contributed by atoms with Crippen molar-refractivity contribution in [1.82, 2.24) is 4.90 Å². The van der Waals surface area contributed by atoms with E-state index in [1.807, 2.05) is 0 Å². The predicted molar refractivity (Wildman–Crippen MR) is 75.6 cm³/mol. The average molecular weight is 261 g/mol. The molecule has 0 aromatic heterocycles. The maximum atomic E-state index is 10.4. The fourth-order valence-electron chi connectivity index (χ4n) is 3.51. The van der Waals surface area contributed by atoms with Crippen LogP contribution in [-0.2, 0) is 0 Å². The first-order valence-electron chi connectivity index (χ1n) is 7.33. The largest absolute Gasteiger partial charge is 0.490 e. The van der Waals surface area contributed by atoms with Gasteiger partial charge in [-0.05, 0) is 45.3 Å². The highest BCUT2D eigenvalue weighted by molar-refractivity contribution is 5.47. The van der Waals surface area contributed by atoms with Crippen LogP contribution in [0.15, 0.2) is 12.1 Å². The SMILES string of the molecule is Cc1cc(C)c2c(c1)C(N1CCCCC1)C(O)CO2. The Bertz CT molecular complexity index is 466. The molecule has 2 unspecified atom stereocenters. The highest BCUT2D eigenvalue weighted by Gasteiger charge is 2.35. The third-order valence-corrected chi connectivity index (χ3v) is 4.31. The molecule has 1 aromatic rings. The number of benzene rings is 1. The lowest BCUT2D eigenvalue weighted by atomic mass is 9.91. The Morgan fingerprint density at radius 3 is 2.63 bits per heavy atom. The number of rotatable bonds is 1. The lowest BCUT2D eigenvalue weighted by Gasteiger charge is -2.41. The van der Waals surface area contributed by atoms with Gasteiger partial charge in [0.2, 0.25) is 0 Å². The molecule has 0 aliphatic carbocycles. The Morgan fingerprint density at radius 2 is 1.89 bits per heavy atom. The van der Waals surface area contributed by atoms with Crippen molar-refractivity contribution in [1.29, 1.82) is 0 Å². The lowest BCUT2D eigenvalue weighted by molar-refractivity contribution is -0.00703. The minimum absolute atomic E-state index is 0.114. The molecule has 2 aliphatic heterocycles. The van der Waals surface area contributed by atoms with Gasteiger partial charge in [-0.15, -0.1) is 0 Å². The molecule has 0 spiro atoms. The van der Waals surface area contributed by atoms with Crippen molar-refractivity contribution in [3.8, 4) is 5.75 Å². The van der Waals surface area contributed by atoms with Gasteiger partial charge in [0.15, 0.2) is 0 Å². The van der Waals surface area contributed by atoms with Gasteiger partial charge in [-0.1, -0.05) is 24.1 Å². The van der Waals surface area contributed by atoms with Crippen LogP contribution in [0.3, 0.4) is 0 Å². The molecule has 3 rings (SSSR count). The molecule has 19 heavy (non-hydrogen) atoms. The third kappa shape index (κ3) is 2.37. The van der Waals surface area contributed by atoms with E-state index in [4.69, 9.17) is 4.74 Å². The molecule has 0 saturated carbocycles. The molecule has 2 heterocycles. The van der Waals surface area contributed by atoms with Crippen molar-refractivity contribution in [2.45, 2.75) is 45.3 Å². The average Bonchev–Trinajstić information content (AvgIpc) is 2.39. The molecule has 1 aromatic carbocycles. The van der Waals surface area contributed by atoms with Gasteiger partial charge in [0.1, 0.15) is 18.5 Å². The van der Waals surface area contributed by atoms with Gasteiger partial charge >= 0.3 is 0 Å². The summed E-state index contributed by atoms with van der Waals surface area (Å²) in [7, 11) is 0. The highest BCUT2D eigenvalue weighted by Crippen LogP contribution is 2.39. The van der Waals surface area contributed by atoms with Crippen LogP contribution in [0, 0.1) is 13.8 Å². The molecule has 1 saturated heterocycles. The smallest absolute Gasteiger partial charge is 0.127 e. The number of aliphatic hydroxyl groups is 1. The van der Waals surface area contributed by atoms with E-state index in [1.54, 1.807) is 0 Å². The van der Waals surface area contributed by atoms with Gasteiger partial charge < -0.3 is 9.84 Å². The summed E-state index contributed by atoms with van der Waals surface area (Å²) in [5.41, 5.74) is 3.61. The van der Waals surface area contributed by atoms with E-state index in [1.165, 1.54) is 36.0 Å². The highest BCUT2D eigenvalue weighted by atomic mass is 16.5. The molecular weight excluding hydrogens is 238 g/mol. The third-order valence-electron chi connectivity index (χ3n) is 4.31. The van der Waals surface area contributed by atoms with Crippen LogP contribution < -0.4 is 4.74 Å². The van der Waals surface area contributed by atoms with Gasteiger partial charge in [0.25, 0.3) is 0 Å². The number of nitrogens with zero attached hydrogens (tertiary/aromatic N) is 1. The summed E-state index contributed by atoms with van der Waals surface area (Å²) in [5.74, 6) is 0.992. The molecule has 3 heteroatoms. The Labute approximate surface area is 115 Å². The lowest BCUT2D eigenvalue weighted by Crippen LogP contribution is -2.44. The zero-order valence-corrected chi connectivity index (χ0v) is 11.9. The van der Waals surface area contributed by atoms with Gasteiger partial charge in [0, 0.05) is 5.56 Å². The van der Waals surface area contributed by atoms with Gasteiger partial charge in [-0.25, -0.2) is 0 Å². The number of ether oxygens (including phenoxy) is 1. The van der Waals surface area contributed by atoms with E-state index in [0.717, 1.165) is 18.8 Å². The van der Waals surface area contributed by atoms with Crippen molar-refractivity contribution < 1.29 is 9.84 Å². The van der Waals surface area contributed by atoms with Crippen LogP contribution in [0.1, 0.15) is 42.0 Å². The fourth-order valence-corrected chi connectivity index (χ4v) is 3.51. The van der Waals surface area contributed by atoms with Crippen LogP contribution in [0.2, 0.25) is 0 Å². The van der Waals surface area contributed by atoms with E-state index in [9.17, 15) is 5.11 Å². The van der Waals surface area contributed by atoms with E-state index >= 15 is 0 Å². The number of hydrogen-bond donors (Lipinski definition) is 1. The van der Waals surface area contributed by atoms with Crippen molar-refractivity contribution in [2.24, 2.45) is 0 Å². The Hall–Kier alpha value is -1.06. The molecule has 104 valence electrons. The number of aryl methyl sites for hydroxylation is 2. The fraction of sp³-hybridized carbons (Fsp3) is 0.625. The molecule has 1 N–H and O–H groups in total. The summed E-state index contributed by atoms with van der Waals surface area (Å²) in [6.07, 6.45) is 3.39. The second-order valence-corrected chi connectivity index (χ2v) is 5.92. The monoisotopic (exact) mass is 261 g/mol. The van der Waals surface area contributed by atoms with Gasteiger partial charge in [-0.2, -0.15) is 0 Å². The van der Waals surface area contributed by atoms with E-state index in [-0.39, 0.29) is 6.04 Å². The minimum atomic E-state index is -0.410. The maximum Gasteiger partial charge on any atom is 0.127 e. The Balaban J connectivity index is 2.00. The standard InChI is InChI=1S/C16H23NO2/c1-11-8-12(2)16-13(9-11)15(14(18)10-19-16)17-6-4-3-5-7-17/h8-9,14-15,18H,3-7,10H2,1-2H3. The molecule has 0 radical (unpaired) electrons. The summed E-state index contributed by atoms with van der Waals surface area (Å²) in [6, 6.07) is 4.45. The summed E-state index contributed by atoms with van der Waals surface area (Å²) in [5, 5.41) is 10.4. The normalized spacial score (nSPS) is 27.7. The predicted octanol–water partition coefficient (Wildman–Crippen LogP) is 2.58. The quantitative estimate of drug-likeness (QED) is 0.843. The summed E-state index contributed by atoms with van der Waals surface area (Å²) in [4.78, 5) is 2.44. The first kappa shape index (κ1) is 12.9. The van der Waals surface area contributed by atoms with Crippen molar-refractivity contribution >= 4 is 0 Å². The van der Waals surface area contributed by atoms with Crippen LogP contribution in [-0.4, -0.2) is 35.8 Å². The first-order valence-corrected chi connectivity index (χ1v) is 7.33. The van der Waals surface area contributed by atoms with Crippen LogP contribution in [0.4, 0.5) is 0 Å². The van der Waals surface area contributed by atoms with Gasteiger partial charge in [0.05, 0.1) is 6.04 Å². The molecule has 2 atom stereocenters.